The Bertz CT molecular complexity index is 1290. The van der Waals surface area contributed by atoms with Crippen molar-refractivity contribution in [3.63, 3.8) is 0 Å². The molecule has 3 heterocycles. The third kappa shape index (κ3) is 6.98. The standard InChI is InChI=1S/C29H33ClF4N4O3.H2S/c1-28(41,18-12-19(31)14-20(32)13-18)27(40)37-8-4-23(5-9-37)38-16-22(17-38)35-21-2-3-24(25(30)15-21)26(39)36-10-6-29(33,34)7-11-36;/h2-3,12-15,22-23,35,41H,4-11,16-17H2,1H3;1H2/t28-;/m0./s1. The molecule has 7 nitrogen and oxygen atoms in total. The van der Waals surface area contributed by atoms with Gasteiger partial charge in [0.05, 0.1) is 16.6 Å². The SMILES string of the molecule is C[C@@](O)(C(=O)N1CCC(N2CC(Nc3ccc(C(=O)N4CCC(F)(F)CC4)c(Cl)c3)C2)CC1)c1cc(F)cc(F)c1.S. The highest BCUT2D eigenvalue weighted by Crippen LogP contribution is 2.32. The van der Waals surface area contributed by atoms with Crippen LogP contribution >= 0.6 is 25.1 Å². The van der Waals surface area contributed by atoms with Crippen LogP contribution in [0.2, 0.25) is 5.02 Å². The first-order valence-electron chi connectivity index (χ1n) is 13.8. The summed E-state index contributed by atoms with van der Waals surface area (Å²) in [4.78, 5) is 31.0. The molecule has 0 spiro atoms. The van der Waals surface area contributed by atoms with Crippen molar-refractivity contribution < 1.29 is 32.3 Å². The maximum absolute atomic E-state index is 13.7. The summed E-state index contributed by atoms with van der Waals surface area (Å²) in [6, 6.07) is 8.12. The topological polar surface area (TPSA) is 76.1 Å². The average molecular weight is 631 g/mol. The minimum absolute atomic E-state index is 0. The van der Waals surface area contributed by atoms with Crippen LogP contribution < -0.4 is 5.32 Å². The molecular weight excluding hydrogens is 596 g/mol. The number of hydrogen-bond acceptors (Lipinski definition) is 5. The van der Waals surface area contributed by atoms with E-state index in [1.165, 1.54) is 16.7 Å². The maximum atomic E-state index is 13.7. The maximum Gasteiger partial charge on any atom is 0.258 e. The Morgan fingerprint density at radius 1 is 0.976 bits per heavy atom. The zero-order chi connectivity index (χ0) is 29.5. The number of nitrogens with one attached hydrogen (secondary N) is 1. The summed E-state index contributed by atoms with van der Waals surface area (Å²) < 4.78 is 54.2. The largest absolute Gasteiger partial charge is 0.380 e. The number of nitrogens with zero attached hydrogens (tertiary/aromatic N) is 3. The highest BCUT2D eigenvalue weighted by molar-refractivity contribution is 7.59. The van der Waals surface area contributed by atoms with Crippen molar-refractivity contribution in [2.24, 2.45) is 0 Å². The predicted octanol–water partition coefficient (Wildman–Crippen LogP) is 4.60. The lowest BCUT2D eigenvalue weighted by molar-refractivity contribution is -0.152. The van der Waals surface area contributed by atoms with Crippen molar-refractivity contribution in [3.8, 4) is 0 Å². The van der Waals surface area contributed by atoms with E-state index in [0.717, 1.165) is 30.9 Å². The fourth-order valence-electron chi connectivity index (χ4n) is 5.82. The van der Waals surface area contributed by atoms with Crippen molar-refractivity contribution in [3.05, 3.63) is 64.2 Å². The average Bonchev–Trinajstić information content (AvgIpc) is 2.89. The summed E-state index contributed by atoms with van der Waals surface area (Å²) in [5, 5.41) is 14.5. The van der Waals surface area contributed by atoms with Gasteiger partial charge in [-0.25, -0.2) is 17.6 Å². The summed E-state index contributed by atoms with van der Waals surface area (Å²) in [5.41, 5.74) is -1.10. The van der Waals surface area contributed by atoms with Gasteiger partial charge in [0, 0.05) is 69.9 Å². The zero-order valence-electron chi connectivity index (χ0n) is 23.2. The Hall–Kier alpha value is -2.54. The lowest BCUT2D eigenvalue weighted by Crippen LogP contribution is -2.61. The summed E-state index contributed by atoms with van der Waals surface area (Å²) in [5.74, 6) is -5.37. The number of amides is 2. The van der Waals surface area contributed by atoms with Crippen LogP contribution in [0, 0.1) is 11.6 Å². The molecule has 2 N–H and O–H groups in total. The van der Waals surface area contributed by atoms with E-state index in [2.05, 4.69) is 10.2 Å². The fraction of sp³-hybridized carbons (Fsp3) is 0.517. The van der Waals surface area contributed by atoms with Gasteiger partial charge in [-0.3, -0.25) is 14.5 Å². The van der Waals surface area contributed by atoms with Crippen molar-refractivity contribution >= 4 is 42.6 Å². The molecule has 0 bridgehead atoms. The smallest absolute Gasteiger partial charge is 0.258 e. The third-order valence-corrected chi connectivity index (χ3v) is 8.68. The quantitative estimate of drug-likeness (QED) is 0.457. The second kappa shape index (κ2) is 12.6. The Labute approximate surface area is 254 Å². The number of halogens is 5. The van der Waals surface area contributed by atoms with Crippen LogP contribution in [0.4, 0.5) is 23.2 Å². The van der Waals surface area contributed by atoms with E-state index in [9.17, 15) is 32.3 Å². The van der Waals surface area contributed by atoms with E-state index in [1.54, 1.807) is 18.2 Å². The summed E-state index contributed by atoms with van der Waals surface area (Å²) in [6.45, 7) is 3.65. The molecule has 5 rings (SSSR count). The summed E-state index contributed by atoms with van der Waals surface area (Å²) >= 11 is 6.39. The molecular formula is C29H35ClF4N4O3S. The second-order valence-electron chi connectivity index (χ2n) is 11.4. The van der Waals surface area contributed by atoms with E-state index >= 15 is 0 Å². The van der Waals surface area contributed by atoms with E-state index in [4.69, 9.17) is 11.6 Å². The molecule has 0 aromatic heterocycles. The van der Waals surface area contributed by atoms with Gasteiger partial charge in [-0.1, -0.05) is 11.6 Å². The number of aliphatic hydroxyl groups is 1. The van der Waals surface area contributed by atoms with Crippen LogP contribution in [0.25, 0.3) is 0 Å². The molecule has 2 aromatic rings. The van der Waals surface area contributed by atoms with Crippen LogP contribution in [0.15, 0.2) is 36.4 Å². The van der Waals surface area contributed by atoms with Crippen molar-refractivity contribution in [2.45, 2.75) is 56.2 Å². The van der Waals surface area contributed by atoms with Gasteiger partial charge in [0.2, 0.25) is 0 Å². The number of alkyl halides is 2. The van der Waals surface area contributed by atoms with E-state index < -0.39 is 29.1 Å². The van der Waals surface area contributed by atoms with E-state index in [-0.39, 0.29) is 68.0 Å². The molecule has 42 heavy (non-hydrogen) atoms. The lowest BCUT2D eigenvalue weighted by Gasteiger charge is -2.48. The zero-order valence-corrected chi connectivity index (χ0v) is 24.9. The van der Waals surface area contributed by atoms with Crippen LogP contribution in [-0.2, 0) is 10.4 Å². The Kier molecular flexibility index (Phi) is 9.71. The number of rotatable bonds is 6. The molecule has 13 heteroatoms. The van der Waals surface area contributed by atoms with E-state index in [0.29, 0.717) is 37.6 Å². The molecule has 0 saturated carbocycles. The number of carbonyl (C=O) groups excluding carboxylic acids is 2. The molecule has 3 aliphatic rings. The van der Waals surface area contributed by atoms with Gasteiger partial charge >= 0.3 is 0 Å². The molecule has 2 amide bonds. The second-order valence-corrected chi connectivity index (χ2v) is 11.8. The van der Waals surface area contributed by atoms with Crippen molar-refractivity contribution in [1.29, 1.82) is 0 Å². The van der Waals surface area contributed by atoms with Gasteiger partial charge in [0.25, 0.3) is 17.7 Å². The number of anilines is 1. The van der Waals surface area contributed by atoms with Gasteiger partial charge in [0.15, 0.2) is 5.60 Å². The van der Waals surface area contributed by atoms with Gasteiger partial charge < -0.3 is 20.2 Å². The summed E-state index contributed by atoms with van der Waals surface area (Å²) in [7, 11) is 0. The van der Waals surface area contributed by atoms with Gasteiger partial charge in [-0.05, 0) is 55.7 Å². The normalized spacial score (nSPS) is 21.2. The minimum Gasteiger partial charge on any atom is -0.380 e. The first kappa shape index (κ1) is 32.4. The van der Waals surface area contributed by atoms with Crippen LogP contribution in [-0.4, -0.2) is 88.9 Å². The molecule has 0 aliphatic carbocycles. The third-order valence-electron chi connectivity index (χ3n) is 8.37. The van der Waals surface area contributed by atoms with Crippen LogP contribution in [0.1, 0.15) is 48.5 Å². The molecule has 0 unspecified atom stereocenters. The fourth-order valence-corrected chi connectivity index (χ4v) is 6.09. The Morgan fingerprint density at radius 2 is 1.57 bits per heavy atom. The van der Waals surface area contributed by atoms with Gasteiger partial charge in [-0.15, -0.1) is 0 Å². The first-order chi connectivity index (χ1) is 19.3. The molecule has 230 valence electrons. The predicted molar refractivity (Wildman–Crippen MR) is 156 cm³/mol. The summed E-state index contributed by atoms with van der Waals surface area (Å²) in [6.07, 6.45) is 0.717. The van der Waals surface area contributed by atoms with Crippen molar-refractivity contribution in [2.75, 3.05) is 44.6 Å². The highest BCUT2D eigenvalue weighted by atomic mass is 35.5. The molecule has 3 fully saturated rings. The van der Waals surface area contributed by atoms with Gasteiger partial charge in [0.1, 0.15) is 11.6 Å². The number of benzene rings is 2. The molecule has 0 radical (unpaired) electrons. The number of carbonyl (C=O) groups is 2. The molecule has 1 atom stereocenters. The van der Waals surface area contributed by atoms with E-state index in [1.807, 2.05) is 0 Å². The molecule has 3 aliphatic heterocycles. The number of piperidine rings is 2. The highest BCUT2D eigenvalue weighted by Gasteiger charge is 2.41. The first-order valence-corrected chi connectivity index (χ1v) is 14.2. The van der Waals surface area contributed by atoms with Gasteiger partial charge in [-0.2, -0.15) is 13.5 Å². The monoisotopic (exact) mass is 630 g/mol. The Balaban J connectivity index is 0.00000405. The molecule has 3 saturated heterocycles. The minimum atomic E-state index is -2.73. The number of likely N-dealkylation sites (tertiary alicyclic amines) is 3. The Morgan fingerprint density at radius 3 is 2.14 bits per heavy atom. The molecule has 2 aromatic carbocycles. The van der Waals surface area contributed by atoms with Crippen molar-refractivity contribution in [1.82, 2.24) is 14.7 Å². The van der Waals surface area contributed by atoms with Crippen LogP contribution in [0.5, 0.6) is 0 Å². The number of hydrogen-bond donors (Lipinski definition) is 2. The van der Waals surface area contributed by atoms with Crippen LogP contribution in [0.3, 0.4) is 0 Å². The lowest BCUT2D eigenvalue weighted by atomic mass is 9.91.